The molecule has 1 aromatic heterocycles. The number of likely N-dealkylation sites (N-methyl/N-ethyl adjacent to an activating group) is 1. The molecule has 2 N–H and O–H groups in total. The minimum atomic E-state index is -0.0585. The van der Waals surface area contributed by atoms with Gasteiger partial charge < -0.3 is 10.6 Å². The van der Waals surface area contributed by atoms with E-state index in [1.807, 2.05) is 36.5 Å². The van der Waals surface area contributed by atoms with Crippen LogP contribution >= 0.6 is 0 Å². The fourth-order valence-corrected chi connectivity index (χ4v) is 2.97. The first-order valence-corrected chi connectivity index (χ1v) is 8.49. The molecule has 2 aromatic rings. The molecule has 7 nitrogen and oxygen atoms in total. The number of piperidine rings is 1. The lowest BCUT2D eigenvalue weighted by atomic mass is 10.0. The van der Waals surface area contributed by atoms with Gasteiger partial charge in [0.25, 0.3) is 5.91 Å². The first-order valence-electron chi connectivity index (χ1n) is 8.49. The molecule has 25 heavy (non-hydrogen) atoms. The van der Waals surface area contributed by atoms with E-state index in [-0.39, 0.29) is 17.9 Å². The van der Waals surface area contributed by atoms with Crippen molar-refractivity contribution in [3.8, 4) is 5.69 Å². The molecule has 2 amide bonds. The van der Waals surface area contributed by atoms with Crippen molar-refractivity contribution in [2.75, 3.05) is 26.7 Å². The summed E-state index contributed by atoms with van der Waals surface area (Å²) in [6.07, 6.45) is 5.29. The maximum absolute atomic E-state index is 12.4. The summed E-state index contributed by atoms with van der Waals surface area (Å²) in [6.45, 7) is 2.05. The van der Waals surface area contributed by atoms with E-state index in [9.17, 15) is 9.59 Å². The van der Waals surface area contributed by atoms with Crippen molar-refractivity contribution in [1.29, 1.82) is 0 Å². The number of nitrogens with zero attached hydrogens (tertiary/aromatic N) is 3. The Kier molecular flexibility index (Phi) is 5.45. The highest BCUT2D eigenvalue weighted by molar-refractivity contribution is 5.94. The zero-order valence-electron chi connectivity index (χ0n) is 14.3. The number of aromatic nitrogens is 2. The molecule has 1 aliphatic heterocycles. The summed E-state index contributed by atoms with van der Waals surface area (Å²) in [7, 11) is 1.65. The van der Waals surface area contributed by atoms with Gasteiger partial charge in [0.05, 0.1) is 12.2 Å². The van der Waals surface area contributed by atoms with Gasteiger partial charge in [0, 0.05) is 44.1 Å². The minimum Gasteiger partial charge on any atom is -0.358 e. The van der Waals surface area contributed by atoms with Crippen LogP contribution in [-0.4, -0.2) is 59.2 Å². The SMILES string of the molecule is CNC(=O)CN1CCC(NC(=O)c2ccc(-n3cccn3)cc2)CC1. The van der Waals surface area contributed by atoms with Crippen LogP contribution in [0.4, 0.5) is 0 Å². The minimum absolute atomic E-state index is 0.0276. The van der Waals surface area contributed by atoms with Crippen molar-refractivity contribution in [2.45, 2.75) is 18.9 Å². The lowest BCUT2D eigenvalue weighted by molar-refractivity contribution is -0.122. The number of carbonyl (C=O) groups is 2. The number of hydrogen-bond donors (Lipinski definition) is 2. The van der Waals surface area contributed by atoms with Crippen LogP contribution in [0.3, 0.4) is 0 Å². The third-order valence-corrected chi connectivity index (χ3v) is 4.47. The quantitative estimate of drug-likeness (QED) is 0.844. The third-order valence-electron chi connectivity index (χ3n) is 4.47. The average molecular weight is 341 g/mol. The van der Waals surface area contributed by atoms with Gasteiger partial charge in [-0.25, -0.2) is 4.68 Å². The summed E-state index contributed by atoms with van der Waals surface area (Å²) < 4.78 is 1.75. The van der Waals surface area contributed by atoms with Crippen LogP contribution in [0.1, 0.15) is 23.2 Å². The maximum Gasteiger partial charge on any atom is 0.251 e. The molecule has 1 fully saturated rings. The fraction of sp³-hybridized carbons (Fsp3) is 0.389. The normalized spacial score (nSPS) is 15.7. The Morgan fingerprint density at radius 2 is 1.92 bits per heavy atom. The average Bonchev–Trinajstić information content (AvgIpc) is 3.18. The largest absolute Gasteiger partial charge is 0.358 e. The van der Waals surface area contributed by atoms with Crippen LogP contribution in [-0.2, 0) is 4.79 Å². The summed E-state index contributed by atoms with van der Waals surface area (Å²) in [4.78, 5) is 25.9. The molecule has 0 radical (unpaired) electrons. The summed E-state index contributed by atoms with van der Waals surface area (Å²) in [5.74, 6) is -0.0310. The van der Waals surface area contributed by atoms with Gasteiger partial charge in [-0.2, -0.15) is 5.10 Å². The molecule has 0 spiro atoms. The van der Waals surface area contributed by atoms with E-state index in [2.05, 4.69) is 20.6 Å². The first-order chi connectivity index (χ1) is 12.2. The van der Waals surface area contributed by atoms with Gasteiger partial charge in [0.1, 0.15) is 0 Å². The van der Waals surface area contributed by atoms with Gasteiger partial charge in [-0.05, 0) is 43.2 Å². The highest BCUT2D eigenvalue weighted by Crippen LogP contribution is 2.12. The van der Waals surface area contributed by atoms with Crippen molar-refractivity contribution >= 4 is 11.8 Å². The Hall–Kier alpha value is -2.67. The third kappa shape index (κ3) is 4.45. The van der Waals surface area contributed by atoms with Gasteiger partial charge in [-0.15, -0.1) is 0 Å². The molecule has 7 heteroatoms. The van der Waals surface area contributed by atoms with Crippen LogP contribution in [0.5, 0.6) is 0 Å². The van der Waals surface area contributed by atoms with Crippen molar-refractivity contribution in [3.63, 3.8) is 0 Å². The lowest BCUT2D eigenvalue weighted by Crippen LogP contribution is -2.47. The molecule has 0 atom stereocenters. The van der Waals surface area contributed by atoms with Crippen LogP contribution < -0.4 is 10.6 Å². The second kappa shape index (κ2) is 7.94. The Morgan fingerprint density at radius 1 is 1.20 bits per heavy atom. The number of carbonyl (C=O) groups excluding carboxylic acids is 2. The fourth-order valence-electron chi connectivity index (χ4n) is 2.97. The standard InChI is InChI=1S/C18H23N5O2/c1-19-17(24)13-22-11-7-15(8-12-22)21-18(25)14-3-5-16(6-4-14)23-10-2-9-20-23/h2-6,9-10,15H,7-8,11-13H2,1H3,(H,19,24)(H,21,25). The predicted molar refractivity (Wildman–Crippen MR) is 94.6 cm³/mol. The molecular weight excluding hydrogens is 318 g/mol. The molecular formula is C18H23N5O2. The van der Waals surface area contributed by atoms with Crippen LogP contribution in [0.25, 0.3) is 5.69 Å². The number of rotatable bonds is 5. The number of hydrogen-bond acceptors (Lipinski definition) is 4. The molecule has 0 bridgehead atoms. The number of amides is 2. The second-order valence-corrected chi connectivity index (χ2v) is 6.19. The van der Waals surface area contributed by atoms with Gasteiger partial charge in [0.15, 0.2) is 0 Å². The smallest absolute Gasteiger partial charge is 0.251 e. The van der Waals surface area contributed by atoms with Gasteiger partial charge in [0.2, 0.25) is 5.91 Å². The number of benzene rings is 1. The van der Waals surface area contributed by atoms with Crippen LogP contribution in [0.2, 0.25) is 0 Å². The molecule has 2 heterocycles. The molecule has 0 unspecified atom stereocenters. The Bertz CT molecular complexity index is 704. The summed E-state index contributed by atoms with van der Waals surface area (Å²) in [5, 5.41) is 9.90. The van der Waals surface area contributed by atoms with E-state index in [0.717, 1.165) is 31.6 Å². The monoisotopic (exact) mass is 341 g/mol. The van der Waals surface area contributed by atoms with Crippen molar-refractivity contribution < 1.29 is 9.59 Å². The van der Waals surface area contributed by atoms with Crippen LogP contribution in [0, 0.1) is 0 Å². The highest BCUT2D eigenvalue weighted by atomic mass is 16.2. The highest BCUT2D eigenvalue weighted by Gasteiger charge is 2.22. The maximum atomic E-state index is 12.4. The molecule has 1 aromatic carbocycles. The Labute approximate surface area is 147 Å². The van der Waals surface area contributed by atoms with E-state index in [4.69, 9.17) is 0 Å². The zero-order chi connectivity index (χ0) is 17.6. The van der Waals surface area contributed by atoms with E-state index in [1.54, 1.807) is 17.9 Å². The van der Waals surface area contributed by atoms with Gasteiger partial charge in [-0.3, -0.25) is 14.5 Å². The molecule has 132 valence electrons. The second-order valence-electron chi connectivity index (χ2n) is 6.19. The number of likely N-dealkylation sites (tertiary alicyclic amines) is 1. The molecule has 0 aliphatic carbocycles. The van der Waals surface area contributed by atoms with E-state index in [0.29, 0.717) is 12.1 Å². The van der Waals surface area contributed by atoms with E-state index in [1.165, 1.54) is 0 Å². The van der Waals surface area contributed by atoms with Crippen LogP contribution in [0.15, 0.2) is 42.7 Å². The lowest BCUT2D eigenvalue weighted by Gasteiger charge is -2.31. The van der Waals surface area contributed by atoms with E-state index >= 15 is 0 Å². The molecule has 0 saturated carbocycles. The summed E-state index contributed by atoms with van der Waals surface area (Å²) in [6, 6.07) is 9.40. The summed E-state index contributed by atoms with van der Waals surface area (Å²) >= 11 is 0. The topological polar surface area (TPSA) is 79.3 Å². The van der Waals surface area contributed by atoms with Crippen molar-refractivity contribution in [1.82, 2.24) is 25.3 Å². The van der Waals surface area contributed by atoms with E-state index < -0.39 is 0 Å². The predicted octanol–water partition coefficient (Wildman–Crippen LogP) is 0.813. The zero-order valence-corrected chi connectivity index (χ0v) is 14.3. The van der Waals surface area contributed by atoms with Crippen molar-refractivity contribution in [2.24, 2.45) is 0 Å². The molecule has 3 rings (SSSR count). The molecule has 1 aliphatic rings. The first kappa shape index (κ1) is 17.2. The van der Waals surface area contributed by atoms with Gasteiger partial charge >= 0.3 is 0 Å². The van der Waals surface area contributed by atoms with Crippen molar-refractivity contribution in [3.05, 3.63) is 48.3 Å². The Morgan fingerprint density at radius 3 is 2.52 bits per heavy atom. The summed E-state index contributed by atoms with van der Waals surface area (Å²) in [5.41, 5.74) is 1.56. The molecule has 1 saturated heterocycles. The number of nitrogens with one attached hydrogen (secondary N) is 2. The van der Waals surface area contributed by atoms with Gasteiger partial charge in [-0.1, -0.05) is 0 Å². The Balaban J connectivity index is 1.50.